The summed E-state index contributed by atoms with van der Waals surface area (Å²) in [4.78, 5) is 17.8. The highest BCUT2D eigenvalue weighted by molar-refractivity contribution is 6.36. The minimum Gasteiger partial charge on any atom is -0.399 e. The van der Waals surface area contributed by atoms with E-state index in [-0.39, 0.29) is 11.3 Å². The molecule has 1 aliphatic carbocycles. The highest BCUT2D eigenvalue weighted by Crippen LogP contribution is 2.28. The van der Waals surface area contributed by atoms with Crippen molar-refractivity contribution >= 4 is 23.4 Å². The number of oxime groups is 1. The van der Waals surface area contributed by atoms with Crippen LogP contribution in [0.25, 0.3) is 0 Å². The molecule has 4 nitrogen and oxygen atoms in total. The van der Waals surface area contributed by atoms with E-state index in [4.69, 9.17) is 11.6 Å². The Balaban J connectivity index is 3.22. The quantitative estimate of drug-likeness (QED) is 0.316. The van der Waals surface area contributed by atoms with Crippen LogP contribution in [0, 0.1) is 0 Å². The lowest BCUT2D eigenvalue weighted by Gasteiger charge is -2.16. The second-order valence-corrected chi connectivity index (χ2v) is 3.23. The molecule has 0 heterocycles. The molecule has 0 amide bonds. The van der Waals surface area contributed by atoms with Crippen LogP contribution in [0.15, 0.2) is 33.3 Å². The number of aliphatic imine (C=N–C) groups is 1. The second-order valence-electron chi connectivity index (χ2n) is 2.79. The maximum absolute atomic E-state index is 13.5. The maximum Gasteiger partial charge on any atom is 0.240 e. The Morgan fingerprint density at radius 2 is 2.33 bits per heavy atom. The van der Waals surface area contributed by atoms with Crippen molar-refractivity contribution in [3.8, 4) is 0 Å². The van der Waals surface area contributed by atoms with Gasteiger partial charge in [-0.25, -0.2) is 9.18 Å². The summed E-state index contributed by atoms with van der Waals surface area (Å²) in [6.07, 6.45) is 2.50. The van der Waals surface area contributed by atoms with Crippen molar-refractivity contribution in [3.05, 3.63) is 23.2 Å². The number of halogens is 2. The molecule has 1 atom stereocenters. The van der Waals surface area contributed by atoms with Crippen molar-refractivity contribution in [2.75, 3.05) is 7.11 Å². The smallest absolute Gasteiger partial charge is 0.240 e. The van der Waals surface area contributed by atoms with Gasteiger partial charge in [0.1, 0.15) is 23.9 Å². The average Bonchev–Trinajstić information content (AvgIpc) is 2.22. The van der Waals surface area contributed by atoms with Crippen molar-refractivity contribution in [1.82, 2.24) is 0 Å². The summed E-state index contributed by atoms with van der Waals surface area (Å²) >= 11 is 5.88. The average molecular weight is 231 g/mol. The maximum atomic E-state index is 13.5. The molecule has 0 fully saturated rings. The molecule has 0 radical (unpaired) electrons. The fraction of sp³-hybridized carbons (Fsp3) is 0.333. The van der Waals surface area contributed by atoms with Crippen LogP contribution in [0.1, 0.15) is 6.92 Å². The number of allylic oxidation sites excluding steroid dienone is 3. The molecular weight excluding hydrogens is 223 g/mol. The van der Waals surface area contributed by atoms with E-state index in [1.54, 1.807) is 0 Å². The third kappa shape index (κ3) is 2.32. The minimum atomic E-state index is -0.712. The van der Waals surface area contributed by atoms with Crippen LogP contribution in [0.3, 0.4) is 0 Å². The molecule has 0 N–H and O–H groups in total. The van der Waals surface area contributed by atoms with Gasteiger partial charge in [0.15, 0.2) is 5.83 Å². The Hall–Kier alpha value is -1.45. The third-order valence-electron chi connectivity index (χ3n) is 1.86. The van der Waals surface area contributed by atoms with Crippen LogP contribution < -0.4 is 0 Å². The summed E-state index contributed by atoms with van der Waals surface area (Å²) in [5.74, 6) is -0.631. The van der Waals surface area contributed by atoms with E-state index in [1.165, 1.54) is 26.2 Å². The number of hydrogen-bond acceptors (Lipinski definition) is 4. The van der Waals surface area contributed by atoms with E-state index in [1.807, 2.05) is 0 Å². The first-order valence-electron chi connectivity index (χ1n) is 4.03. The lowest BCUT2D eigenvalue weighted by atomic mass is 10.0. The van der Waals surface area contributed by atoms with E-state index in [9.17, 15) is 9.18 Å². The van der Waals surface area contributed by atoms with Gasteiger partial charge in [0, 0.05) is 0 Å². The van der Waals surface area contributed by atoms with Crippen molar-refractivity contribution in [1.29, 1.82) is 0 Å². The van der Waals surface area contributed by atoms with Crippen molar-refractivity contribution in [2.45, 2.75) is 12.3 Å². The van der Waals surface area contributed by atoms with Crippen LogP contribution in [0.2, 0.25) is 0 Å². The summed E-state index contributed by atoms with van der Waals surface area (Å²) in [6.45, 7) is 1.49. The molecule has 0 aliphatic heterocycles. The largest absolute Gasteiger partial charge is 0.399 e. The SMILES string of the molecule is CON=C1C=C(N=C=O)C(F)=C(C)C1Cl. The number of nitrogens with zero attached hydrogens (tertiary/aromatic N) is 2. The number of isocyanates is 1. The monoisotopic (exact) mass is 230 g/mol. The van der Waals surface area contributed by atoms with Crippen LogP contribution in [-0.4, -0.2) is 24.3 Å². The Bertz CT molecular complexity index is 408. The highest BCUT2D eigenvalue weighted by atomic mass is 35.5. The van der Waals surface area contributed by atoms with E-state index < -0.39 is 11.2 Å². The number of carbonyl (C=O) groups excluding carboxylic acids is 1. The van der Waals surface area contributed by atoms with Gasteiger partial charge < -0.3 is 4.84 Å². The molecule has 0 aromatic heterocycles. The molecule has 1 aliphatic rings. The molecule has 80 valence electrons. The fourth-order valence-corrected chi connectivity index (χ4v) is 1.32. The number of rotatable bonds is 2. The zero-order valence-corrected chi connectivity index (χ0v) is 8.88. The number of hydrogen-bond donors (Lipinski definition) is 0. The first-order chi connectivity index (χ1) is 7.11. The van der Waals surface area contributed by atoms with Crippen molar-refractivity contribution in [2.24, 2.45) is 10.1 Å². The number of alkyl halides is 1. The Kier molecular flexibility index (Phi) is 3.77. The summed E-state index contributed by atoms with van der Waals surface area (Å²) in [5, 5.41) is 2.89. The van der Waals surface area contributed by atoms with Gasteiger partial charge in [0.2, 0.25) is 6.08 Å². The Labute approximate surface area is 90.8 Å². The van der Waals surface area contributed by atoms with Gasteiger partial charge >= 0.3 is 0 Å². The molecule has 0 bridgehead atoms. The van der Waals surface area contributed by atoms with Gasteiger partial charge in [0.05, 0.1) is 0 Å². The molecule has 1 rings (SSSR count). The van der Waals surface area contributed by atoms with E-state index >= 15 is 0 Å². The highest BCUT2D eigenvalue weighted by Gasteiger charge is 2.25. The zero-order chi connectivity index (χ0) is 11.4. The molecular formula is C9H8ClFN2O2. The van der Waals surface area contributed by atoms with Gasteiger partial charge in [0.25, 0.3) is 0 Å². The summed E-state index contributed by atoms with van der Waals surface area (Å²) in [7, 11) is 1.34. The van der Waals surface area contributed by atoms with Crippen LogP contribution >= 0.6 is 11.6 Å². The Morgan fingerprint density at radius 3 is 2.87 bits per heavy atom. The summed E-state index contributed by atoms with van der Waals surface area (Å²) in [6, 6.07) is 0. The van der Waals surface area contributed by atoms with Gasteiger partial charge in [-0.1, -0.05) is 5.16 Å². The van der Waals surface area contributed by atoms with Crippen LogP contribution in [0.5, 0.6) is 0 Å². The molecule has 0 aromatic carbocycles. The molecule has 15 heavy (non-hydrogen) atoms. The zero-order valence-electron chi connectivity index (χ0n) is 8.12. The molecule has 0 aromatic rings. The third-order valence-corrected chi connectivity index (χ3v) is 2.41. The first-order valence-corrected chi connectivity index (χ1v) is 4.46. The Morgan fingerprint density at radius 1 is 1.67 bits per heavy atom. The van der Waals surface area contributed by atoms with Crippen molar-refractivity contribution in [3.63, 3.8) is 0 Å². The summed E-state index contributed by atoms with van der Waals surface area (Å²) in [5.41, 5.74) is 0.395. The normalized spacial score (nSPS) is 23.6. The van der Waals surface area contributed by atoms with Gasteiger partial charge in [-0.15, -0.1) is 11.6 Å². The van der Waals surface area contributed by atoms with Crippen LogP contribution in [0.4, 0.5) is 4.39 Å². The van der Waals surface area contributed by atoms with E-state index in [0.717, 1.165) is 0 Å². The van der Waals surface area contributed by atoms with Crippen LogP contribution in [-0.2, 0) is 9.63 Å². The fourth-order valence-electron chi connectivity index (χ4n) is 1.12. The molecule has 1 unspecified atom stereocenters. The van der Waals surface area contributed by atoms with Crippen molar-refractivity contribution < 1.29 is 14.0 Å². The first kappa shape index (κ1) is 11.6. The van der Waals surface area contributed by atoms with Gasteiger partial charge in [-0.3, -0.25) is 0 Å². The lowest BCUT2D eigenvalue weighted by molar-refractivity contribution is 0.213. The lowest BCUT2D eigenvalue weighted by Crippen LogP contribution is -2.19. The molecule has 0 spiro atoms. The predicted molar refractivity (Wildman–Crippen MR) is 54.1 cm³/mol. The summed E-state index contributed by atoms with van der Waals surface area (Å²) < 4.78 is 13.5. The second kappa shape index (κ2) is 4.87. The predicted octanol–water partition coefficient (Wildman–Crippen LogP) is 2.07. The van der Waals surface area contributed by atoms with Gasteiger partial charge in [-0.2, -0.15) is 4.99 Å². The topological polar surface area (TPSA) is 51.0 Å². The molecule has 6 heteroatoms. The van der Waals surface area contributed by atoms with E-state index in [0.29, 0.717) is 5.71 Å². The molecule has 0 saturated carbocycles. The molecule has 0 saturated heterocycles. The minimum absolute atomic E-state index is 0.143. The van der Waals surface area contributed by atoms with Gasteiger partial charge in [-0.05, 0) is 18.6 Å². The standard InChI is InChI=1S/C9H8ClFN2O2/c1-5-8(10)6(13-15-2)3-7(9(5)11)12-4-14/h3,8H,1-2H3. The van der Waals surface area contributed by atoms with E-state index in [2.05, 4.69) is 15.0 Å².